The molecule has 0 spiro atoms. The Kier molecular flexibility index (Phi) is 3.18. The van der Waals surface area contributed by atoms with Crippen molar-refractivity contribution in [3.63, 3.8) is 0 Å². The van der Waals surface area contributed by atoms with Crippen LogP contribution in [0.15, 0.2) is 30.5 Å². The molecule has 0 saturated heterocycles. The second-order valence-electron chi connectivity index (χ2n) is 5.13. The standard InChI is InChI=1S/C15H16N2O3/c18-12-5-1-3-10(7-12)8-14-16-9-11-4-2-6-13(15(19)20)17(11)14/h1,3,5,7,9,13,18H,2,4,6,8H2,(H,19,20). The molecule has 2 N–H and O–H groups in total. The summed E-state index contributed by atoms with van der Waals surface area (Å²) in [4.78, 5) is 15.8. The number of phenolic OH excluding ortho intramolecular Hbond substituents is 1. The number of aromatic hydroxyl groups is 1. The maximum Gasteiger partial charge on any atom is 0.326 e. The summed E-state index contributed by atoms with van der Waals surface area (Å²) in [5.74, 6) is 0.154. The van der Waals surface area contributed by atoms with Crippen molar-refractivity contribution in [2.45, 2.75) is 31.7 Å². The molecule has 104 valence electrons. The smallest absolute Gasteiger partial charge is 0.326 e. The minimum Gasteiger partial charge on any atom is -0.508 e. The molecule has 0 bridgehead atoms. The number of carboxylic acids is 1. The van der Waals surface area contributed by atoms with Crippen molar-refractivity contribution in [1.82, 2.24) is 9.55 Å². The fourth-order valence-corrected chi connectivity index (χ4v) is 2.82. The van der Waals surface area contributed by atoms with Crippen molar-refractivity contribution in [2.24, 2.45) is 0 Å². The minimum atomic E-state index is -0.805. The quantitative estimate of drug-likeness (QED) is 0.897. The van der Waals surface area contributed by atoms with Gasteiger partial charge in [0.15, 0.2) is 0 Å². The summed E-state index contributed by atoms with van der Waals surface area (Å²) >= 11 is 0. The molecular formula is C15H16N2O3. The van der Waals surface area contributed by atoms with E-state index in [2.05, 4.69) is 4.98 Å². The predicted molar refractivity (Wildman–Crippen MR) is 72.8 cm³/mol. The van der Waals surface area contributed by atoms with E-state index in [0.29, 0.717) is 12.8 Å². The molecule has 0 radical (unpaired) electrons. The third-order valence-electron chi connectivity index (χ3n) is 3.73. The van der Waals surface area contributed by atoms with Gasteiger partial charge >= 0.3 is 5.97 Å². The Morgan fingerprint density at radius 2 is 2.30 bits per heavy atom. The number of hydrogen-bond donors (Lipinski definition) is 2. The summed E-state index contributed by atoms with van der Waals surface area (Å²) in [5.41, 5.74) is 1.91. The van der Waals surface area contributed by atoms with Gasteiger partial charge in [0.25, 0.3) is 0 Å². The average molecular weight is 272 g/mol. The number of nitrogens with zero attached hydrogens (tertiary/aromatic N) is 2. The summed E-state index contributed by atoms with van der Waals surface area (Å²) in [6.07, 6.45) is 4.70. The molecular weight excluding hydrogens is 256 g/mol. The number of carbonyl (C=O) groups is 1. The van der Waals surface area contributed by atoms with Crippen LogP contribution in [0.3, 0.4) is 0 Å². The number of aliphatic carboxylic acids is 1. The van der Waals surface area contributed by atoms with E-state index in [9.17, 15) is 15.0 Å². The van der Waals surface area contributed by atoms with Crippen molar-refractivity contribution in [3.05, 3.63) is 47.5 Å². The lowest BCUT2D eigenvalue weighted by Gasteiger charge is -2.24. The minimum absolute atomic E-state index is 0.211. The molecule has 1 atom stereocenters. The number of fused-ring (bicyclic) bond motifs is 1. The van der Waals surface area contributed by atoms with Crippen LogP contribution >= 0.6 is 0 Å². The zero-order valence-electron chi connectivity index (χ0n) is 11.0. The van der Waals surface area contributed by atoms with Gasteiger partial charge in [0.2, 0.25) is 0 Å². The van der Waals surface area contributed by atoms with Gasteiger partial charge in [0, 0.05) is 18.3 Å². The summed E-state index contributed by atoms with van der Waals surface area (Å²) in [7, 11) is 0. The van der Waals surface area contributed by atoms with E-state index in [1.807, 2.05) is 10.6 Å². The van der Waals surface area contributed by atoms with Crippen molar-refractivity contribution in [2.75, 3.05) is 0 Å². The third-order valence-corrected chi connectivity index (χ3v) is 3.73. The molecule has 2 heterocycles. The van der Waals surface area contributed by atoms with Gasteiger partial charge in [-0.2, -0.15) is 0 Å². The molecule has 1 unspecified atom stereocenters. The van der Waals surface area contributed by atoms with Crippen LogP contribution in [0, 0.1) is 0 Å². The number of aromatic nitrogens is 2. The van der Waals surface area contributed by atoms with Gasteiger partial charge in [-0.3, -0.25) is 0 Å². The highest BCUT2D eigenvalue weighted by atomic mass is 16.4. The molecule has 2 aromatic rings. The highest BCUT2D eigenvalue weighted by Crippen LogP contribution is 2.28. The van der Waals surface area contributed by atoms with Crippen molar-refractivity contribution >= 4 is 5.97 Å². The Balaban J connectivity index is 1.95. The lowest BCUT2D eigenvalue weighted by Crippen LogP contribution is -2.26. The van der Waals surface area contributed by atoms with Crippen LogP contribution in [0.1, 0.15) is 36.0 Å². The number of carboxylic acid groups (broad SMARTS) is 1. The maximum absolute atomic E-state index is 11.4. The van der Waals surface area contributed by atoms with Gasteiger partial charge in [0.05, 0.1) is 0 Å². The highest BCUT2D eigenvalue weighted by Gasteiger charge is 2.28. The van der Waals surface area contributed by atoms with Crippen LogP contribution in [0.2, 0.25) is 0 Å². The number of rotatable bonds is 3. The monoisotopic (exact) mass is 272 g/mol. The number of benzene rings is 1. The van der Waals surface area contributed by atoms with Crippen LogP contribution in [0.5, 0.6) is 5.75 Å². The summed E-state index contributed by atoms with van der Waals surface area (Å²) in [6.45, 7) is 0. The SMILES string of the molecule is O=C(O)C1CCCc2cnc(Cc3cccc(O)c3)n21. The van der Waals surface area contributed by atoms with E-state index in [1.165, 1.54) is 0 Å². The van der Waals surface area contributed by atoms with Gasteiger partial charge in [-0.1, -0.05) is 12.1 Å². The Morgan fingerprint density at radius 3 is 3.05 bits per heavy atom. The second-order valence-corrected chi connectivity index (χ2v) is 5.13. The largest absolute Gasteiger partial charge is 0.508 e. The molecule has 3 rings (SSSR count). The van der Waals surface area contributed by atoms with Crippen LogP contribution in [-0.2, 0) is 17.6 Å². The Bertz CT molecular complexity index is 648. The van der Waals surface area contributed by atoms with Crippen LogP contribution in [-0.4, -0.2) is 25.7 Å². The molecule has 1 aromatic carbocycles. The van der Waals surface area contributed by atoms with Gasteiger partial charge < -0.3 is 14.8 Å². The summed E-state index contributed by atoms with van der Waals surface area (Å²) in [6, 6.07) is 6.46. The predicted octanol–water partition coefficient (Wildman–Crippen LogP) is 2.14. The normalized spacial score (nSPS) is 17.7. The zero-order chi connectivity index (χ0) is 14.1. The molecule has 5 nitrogen and oxygen atoms in total. The molecule has 1 aliphatic rings. The van der Waals surface area contributed by atoms with Gasteiger partial charge in [-0.25, -0.2) is 9.78 Å². The van der Waals surface area contributed by atoms with E-state index in [-0.39, 0.29) is 5.75 Å². The lowest BCUT2D eigenvalue weighted by atomic mass is 10.0. The first kappa shape index (κ1) is 12.7. The fourth-order valence-electron chi connectivity index (χ4n) is 2.82. The Morgan fingerprint density at radius 1 is 1.45 bits per heavy atom. The first-order chi connectivity index (χ1) is 9.65. The third kappa shape index (κ3) is 2.27. The van der Waals surface area contributed by atoms with Crippen LogP contribution < -0.4 is 0 Å². The molecule has 0 amide bonds. The number of imidazole rings is 1. The molecule has 0 fully saturated rings. The molecule has 0 saturated carbocycles. The van der Waals surface area contributed by atoms with E-state index in [0.717, 1.165) is 29.9 Å². The molecule has 1 aromatic heterocycles. The first-order valence-electron chi connectivity index (χ1n) is 6.71. The second kappa shape index (κ2) is 5.00. The van der Waals surface area contributed by atoms with E-state index < -0.39 is 12.0 Å². The van der Waals surface area contributed by atoms with Gasteiger partial charge in [0.1, 0.15) is 17.6 Å². The van der Waals surface area contributed by atoms with Crippen molar-refractivity contribution < 1.29 is 15.0 Å². The number of phenols is 1. The van der Waals surface area contributed by atoms with Crippen molar-refractivity contribution in [1.29, 1.82) is 0 Å². The molecule has 5 heteroatoms. The number of aryl methyl sites for hydroxylation is 1. The fraction of sp³-hybridized carbons (Fsp3) is 0.333. The highest BCUT2D eigenvalue weighted by molar-refractivity contribution is 5.72. The topological polar surface area (TPSA) is 75.3 Å². The van der Waals surface area contributed by atoms with Crippen molar-refractivity contribution in [3.8, 4) is 5.75 Å². The van der Waals surface area contributed by atoms with E-state index in [1.54, 1.807) is 24.4 Å². The van der Waals surface area contributed by atoms with E-state index in [4.69, 9.17) is 0 Å². The molecule has 0 aliphatic carbocycles. The zero-order valence-corrected chi connectivity index (χ0v) is 11.0. The molecule has 1 aliphatic heterocycles. The van der Waals surface area contributed by atoms with Crippen LogP contribution in [0.25, 0.3) is 0 Å². The average Bonchev–Trinajstić information content (AvgIpc) is 2.82. The summed E-state index contributed by atoms with van der Waals surface area (Å²) in [5, 5.41) is 18.8. The molecule has 20 heavy (non-hydrogen) atoms. The van der Waals surface area contributed by atoms with Gasteiger partial charge in [-0.05, 0) is 37.0 Å². The van der Waals surface area contributed by atoms with Crippen LogP contribution in [0.4, 0.5) is 0 Å². The number of hydrogen-bond acceptors (Lipinski definition) is 3. The maximum atomic E-state index is 11.4. The van der Waals surface area contributed by atoms with E-state index >= 15 is 0 Å². The Labute approximate surface area is 116 Å². The summed E-state index contributed by atoms with van der Waals surface area (Å²) < 4.78 is 1.84. The lowest BCUT2D eigenvalue weighted by molar-refractivity contribution is -0.141. The van der Waals surface area contributed by atoms with Gasteiger partial charge in [-0.15, -0.1) is 0 Å². The Hall–Kier alpha value is -2.30. The first-order valence-corrected chi connectivity index (χ1v) is 6.71.